The van der Waals surface area contributed by atoms with Crippen LogP contribution in [0, 0.1) is 0 Å². The molecule has 0 saturated carbocycles. The molecule has 1 saturated heterocycles. The summed E-state index contributed by atoms with van der Waals surface area (Å²) in [6.07, 6.45) is -4.23. The van der Waals surface area contributed by atoms with Gasteiger partial charge in [0.2, 0.25) is 0 Å². The van der Waals surface area contributed by atoms with Crippen LogP contribution in [0.25, 0.3) is 0 Å². The lowest BCUT2D eigenvalue weighted by molar-refractivity contribution is -0.137. The fourth-order valence-electron chi connectivity index (χ4n) is 3.63. The van der Waals surface area contributed by atoms with E-state index in [1.165, 1.54) is 12.1 Å². The summed E-state index contributed by atoms with van der Waals surface area (Å²) in [5.41, 5.74) is 2.04. The second-order valence-corrected chi connectivity index (χ2v) is 6.95. The van der Waals surface area contributed by atoms with Gasteiger partial charge in [-0.3, -0.25) is 0 Å². The van der Waals surface area contributed by atoms with Crippen molar-refractivity contribution in [3.8, 4) is 0 Å². The number of ether oxygens (including phenoxy) is 1. The van der Waals surface area contributed by atoms with Crippen molar-refractivity contribution < 1.29 is 27.8 Å². The molecule has 0 amide bonds. The van der Waals surface area contributed by atoms with Crippen LogP contribution in [-0.4, -0.2) is 30.3 Å². The van der Waals surface area contributed by atoms with Crippen molar-refractivity contribution in [2.75, 3.05) is 18.0 Å². The highest BCUT2D eigenvalue weighted by molar-refractivity contribution is 5.95. The molecule has 2 aliphatic heterocycles. The summed E-state index contributed by atoms with van der Waals surface area (Å²) in [5.74, 6) is -0.427. The maximum Gasteiger partial charge on any atom is 0.416 e. The van der Waals surface area contributed by atoms with Crippen molar-refractivity contribution >= 4 is 11.7 Å². The molecule has 0 bridgehead atoms. The Balaban J connectivity index is 1.53. The first-order valence-electron chi connectivity index (χ1n) is 8.75. The third-order valence-electron chi connectivity index (χ3n) is 5.08. The van der Waals surface area contributed by atoms with Gasteiger partial charge in [-0.1, -0.05) is 18.2 Å². The second kappa shape index (κ2) is 6.56. The number of hydrogen-bond donors (Lipinski definition) is 1. The molecule has 1 fully saturated rings. The molecular weight excluding hydrogens is 359 g/mol. The Hall–Kier alpha value is -2.54. The number of carbonyl (C=O) groups excluding carboxylic acids is 1. The van der Waals surface area contributed by atoms with E-state index in [0.717, 1.165) is 29.9 Å². The number of aliphatic hydroxyl groups is 1. The van der Waals surface area contributed by atoms with Crippen molar-refractivity contribution in [3.05, 3.63) is 64.7 Å². The molecule has 1 unspecified atom stereocenters. The number of hydrogen-bond acceptors (Lipinski definition) is 4. The number of anilines is 1. The Labute approximate surface area is 154 Å². The fourth-order valence-corrected chi connectivity index (χ4v) is 3.63. The van der Waals surface area contributed by atoms with Gasteiger partial charge in [0.05, 0.1) is 17.2 Å². The summed E-state index contributed by atoms with van der Waals surface area (Å²) in [4.78, 5) is 14.3. The van der Waals surface area contributed by atoms with Gasteiger partial charge in [-0.2, -0.15) is 13.2 Å². The van der Waals surface area contributed by atoms with Gasteiger partial charge in [-0.15, -0.1) is 0 Å². The number of rotatable bonds is 3. The maximum atomic E-state index is 12.7. The van der Waals surface area contributed by atoms with Crippen LogP contribution in [-0.2, 0) is 17.3 Å². The molecule has 4 nitrogen and oxygen atoms in total. The zero-order valence-corrected chi connectivity index (χ0v) is 14.4. The molecule has 142 valence electrons. The lowest BCUT2D eigenvalue weighted by Crippen LogP contribution is -2.21. The van der Waals surface area contributed by atoms with Crippen LogP contribution in [0.4, 0.5) is 18.9 Å². The monoisotopic (exact) mass is 377 g/mol. The topological polar surface area (TPSA) is 49.8 Å². The number of nitrogens with zero attached hydrogens (tertiary/aromatic N) is 1. The quantitative estimate of drug-likeness (QED) is 0.829. The van der Waals surface area contributed by atoms with Crippen molar-refractivity contribution in [2.45, 2.75) is 31.2 Å². The second-order valence-electron chi connectivity index (χ2n) is 6.95. The number of aliphatic hydroxyl groups excluding tert-OH is 1. The number of cyclic esters (lactones) is 1. The average molecular weight is 377 g/mol. The molecule has 0 radical (unpaired) electrons. The summed E-state index contributed by atoms with van der Waals surface area (Å²) in [6.45, 7) is 1.26. The van der Waals surface area contributed by atoms with Crippen molar-refractivity contribution in [1.82, 2.24) is 0 Å². The number of esters is 1. The van der Waals surface area contributed by atoms with Gasteiger partial charge >= 0.3 is 12.1 Å². The van der Waals surface area contributed by atoms with E-state index in [4.69, 9.17) is 4.74 Å². The number of carbonyl (C=O) groups is 1. The molecule has 1 N–H and O–H groups in total. The predicted octanol–water partition coefficient (Wildman–Crippen LogP) is 3.73. The van der Waals surface area contributed by atoms with Gasteiger partial charge in [-0.25, -0.2) is 4.79 Å². The molecule has 2 aliphatic rings. The summed E-state index contributed by atoms with van der Waals surface area (Å²) in [5, 5.41) is 9.68. The molecule has 0 aliphatic carbocycles. The molecule has 4 rings (SSSR count). The highest BCUT2D eigenvalue weighted by Crippen LogP contribution is 2.36. The smallest absolute Gasteiger partial charge is 0.416 e. The zero-order valence-electron chi connectivity index (χ0n) is 14.4. The molecule has 0 aromatic heterocycles. The van der Waals surface area contributed by atoms with E-state index in [0.29, 0.717) is 30.5 Å². The van der Waals surface area contributed by atoms with E-state index in [9.17, 15) is 23.1 Å². The van der Waals surface area contributed by atoms with E-state index in [-0.39, 0.29) is 6.10 Å². The van der Waals surface area contributed by atoms with Crippen LogP contribution >= 0.6 is 0 Å². The van der Waals surface area contributed by atoms with E-state index < -0.39 is 23.8 Å². The molecule has 2 aromatic carbocycles. The van der Waals surface area contributed by atoms with E-state index in [2.05, 4.69) is 0 Å². The minimum atomic E-state index is -4.37. The third kappa shape index (κ3) is 3.51. The Kier molecular flexibility index (Phi) is 4.34. The third-order valence-corrected chi connectivity index (χ3v) is 5.08. The lowest BCUT2D eigenvalue weighted by atomic mass is 9.98. The van der Waals surface area contributed by atoms with E-state index in [1.54, 1.807) is 6.07 Å². The largest absolute Gasteiger partial charge is 0.454 e. The number of halogens is 3. The van der Waals surface area contributed by atoms with Crippen LogP contribution in [0.3, 0.4) is 0 Å². The summed E-state index contributed by atoms with van der Waals surface area (Å²) < 4.78 is 43.5. The molecule has 27 heavy (non-hydrogen) atoms. The summed E-state index contributed by atoms with van der Waals surface area (Å²) in [6, 6.07) is 10.4. The van der Waals surface area contributed by atoms with Crippen LogP contribution in [0.2, 0.25) is 0 Å². The van der Waals surface area contributed by atoms with Gasteiger partial charge < -0.3 is 14.7 Å². The normalized spacial score (nSPS) is 22.1. The minimum Gasteiger partial charge on any atom is -0.454 e. The van der Waals surface area contributed by atoms with Gasteiger partial charge in [-0.05, 0) is 36.2 Å². The number of benzene rings is 2. The van der Waals surface area contributed by atoms with E-state index >= 15 is 0 Å². The van der Waals surface area contributed by atoms with Gasteiger partial charge in [0.1, 0.15) is 6.10 Å². The predicted molar refractivity (Wildman–Crippen MR) is 92.6 cm³/mol. The number of alkyl halides is 3. The van der Waals surface area contributed by atoms with Gasteiger partial charge in [0, 0.05) is 30.8 Å². The van der Waals surface area contributed by atoms with Crippen LogP contribution in [0.1, 0.15) is 39.6 Å². The fraction of sp³-hybridized carbons (Fsp3) is 0.350. The first kappa shape index (κ1) is 17.9. The van der Waals surface area contributed by atoms with Crippen molar-refractivity contribution in [2.24, 2.45) is 0 Å². The van der Waals surface area contributed by atoms with Gasteiger partial charge in [0.25, 0.3) is 0 Å². The Morgan fingerprint density at radius 2 is 1.89 bits per heavy atom. The Morgan fingerprint density at radius 3 is 2.52 bits per heavy atom. The molecule has 0 spiro atoms. The highest BCUT2D eigenvalue weighted by atomic mass is 19.4. The zero-order chi connectivity index (χ0) is 19.2. The van der Waals surface area contributed by atoms with E-state index in [1.807, 2.05) is 17.0 Å². The molecular formula is C20H18F3NO3. The summed E-state index contributed by atoms with van der Waals surface area (Å²) >= 11 is 0. The van der Waals surface area contributed by atoms with Gasteiger partial charge in [0.15, 0.2) is 0 Å². The SMILES string of the molecule is O=C1OC(Cc2ccc(C(F)(F)F)cc2)c2ccc(N3CC[C@@H](O)C3)cc21. The van der Waals surface area contributed by atoms with Crippen LogP contribution in [0.15, 0.2) is 42.5 Å². The van der Waals surface area contributed by atoms with Crippen LogP contribution < -0.4 is 4.90 Å². The molecule has 2 heterocycles. The Morgan fingerprint density at radius 1 is 1.15 bits per heavy atom. The van der Waals surface area contributed by atoms with Crippen LogP contribution in [0.5, 0.6) is 0 Å². The maximum absolute atomic E-state index is 12.7. The lowest BCUT2D eigenvalue weighted by Gasteiger charge is -2.18. The van der Waals surface area contributed by atoms with Crippen molar-refractivity contribution in [3.63, 3.8) is 0 Å². The standard InChI is InChI=1S/C20H18F3NO3/c21-20(22,23)13-3-1-12(2-4-13)9-18-16-6-5-14(10-17(16)19(26)27-18)24-8-7-15(25)11-24/h1-6,10,15,18,25H,7-9,11H2/t15-,18?/m1/s1. The molecule has 7 heteroatoms. The Bertz CT molecular complexity index is 864. The average Bonchev–Trinajstić information content (AvgIpc) is 3.18. The first-order chi connectivity index (χ1) is 12.8. The first-order valence-corrected chi connectivity index (χ1v) is 8.75. The number of fused-ring (bicyclic) bond motifs is 1. The minimum absolute atomic E-state index is 0.318. The molecule has 2 atom stereocenters. The summed E-state index contributed by atoms with van der Waals surface area (Å²) in [7, 11) is 0. The number of β-amino-alcohol motifs (C(OH)–C–C–N with tert-alkyl or cyclic N) is 1. The highest BCUT2D eigenvalue weighted by Gasteiger charge is 2.33. The molecule has 2 aromatic rings. The van der Waals surface area contributed by atoms with Crippen molar-refractivity contribution in [1.29, 1.82) is 0 Å².